The molecule has 0 saturated heterocycles. The van der Waals surface area contributed by atoms with Crippen LogP contribution in [0.3, 0.4) is 0 Å². The van der Waals surface area contributed by atoms with Crippen molar-refractivity contribution in [2.75, 3.05) is 13.7 Å². The number of methoxy groups -OCH3 is 1. The predicted octanol–water partition coefficient (Wildman–Crippen LogP) is 2.59. The van der Waals surface area contributed by atoms with E-state index in [0.717, 1.165) is 22.8 Å². The molecule has 1 aliphatic rings. The molecule has 0 bridgehead atoms. The third-order valence-corrected chi connectivity index (χ3v) is 4.03. The molecule has 122 valence electrons. The first kappa shape index (κ1) is 15.5. The fraction of sp³-hybridized carbons (Fsp3) is 0.389. The van der Waals surface area contributed by atoms with Crippen molar-refractivity contribution in [2.45, 2.75) is 25.8 Å². The molecule has 0 saturated carbocycles. The zero-order valence-corrected chi connectivity index (χ0v) is 13.4. The molecule has 0 fully saturated rings. The molecule has 2 unspecified atom stereocenters. The Morgan fingerprint density at radius 1 is 1.43 bits per heavy atom. The van der Waals surface area contributed by atoms with Crippen molar-refractivity contribution in [3.8, 4) is 11.5 Å². The lowest BCUT2D eigenvalue weighted by Crippen LogP contribution is -2.42. The molecule has 0 radical (unpaired) electrons. The highest BCUT2D eigenvalue weighted by atomic mass is 16.5. The number of benzene rings is 1. The summed E-state index contributed by atoms with van der Waals surface area (Å²) in [5.74, 6) is 2.28. The quantitative estimate of drug-likeness (QED) is 0.921. The van der Waals surface area contributed by atoms with Crippen molar-refractivity contribution < 1.29 is 18.7 Å². The molecule has 1 aromatic carbocycles. The van der Waals surface area contributed by atoms with E-state index in [4.69, 9.17) is 13.9 Å². The zero-order valence-electron chi connectivity index (χ0n) is 13.4. The fourth-order valence-electron chi connectivity index (χ4n) is 2.79. The Balaban J connectivity index is 1.58. The molecule has 2 atom stereocenters. The van der Waals surface area contributed by atoms with Crippen LogP contribution in [-0.2, 0) is 17.6 Å². The van der Waals surface area contributed by atoms with Crippen LogP contribution in [-0.4, -0.2) is 25.7 Å². The summed E-state index contributed by atoms with van der Waals surface area (Å²) in [5, 5.41) is 3.04. The Bertz CT molecular complexity index is 666. The maximum atomic E-state index is 12.4. The van der Waals surface area contributed by atoms with E-state index in [2.05, 4.69) is 5.32 Å². The molecule has 0 aliphatic carbocycles. The minimum atomic E-state index is -0.171. The number of fused-ring (bicyclic) bond motifs is 1. The van der Waals surface area contributed by atoms with Crippen LogP contribution in [0.15, 0.2) is 41.0 Å². The van der Waals surface area contributed by atoms with E-state index >= 15 is 0 Å². The first-order valence-corrected chi connectivity index (χ1v) is 7.78. The first-order valence-electron chi connectivity index (χ1n) is 7.78. The van der Waals surface area contributed by atoms with Gasteiger partial charge < -0.3 is 19.2 Å². The third-order valence-electron chi connectivity index (χ3n) is 4.03. The normalized spacial score (nSPS) is 17.7. The molecule has 1 amide bonds. The van der Waals surface area contributed by atoms with Crippen LogP contribution >= 0.6 is 0 Å². The molecular weight excluding hydrogens is 294 g/mol. The zero-order chi connectivity index (χ0) is 16.2. The minimum absolute atomic E-state index is 0.0190. The highest BCUT2D eigenvalue weighted by Crippen LogP contribution is 2.31. The lowest BCUT2D eigenvalue weighted by atomic mass is 9.95. The summed E-state index contributed by atoms with van der Waals surface area (Å²) in [5.41, 5.74) is 1.04. The molecule has 3 rings (SSSR count). The number of rotatable bonds is 5. The largest absolute Gasteiger partial charge is 0.497 e. The second kappa shape index (κ2) is 6.77. The van der Waals surface area contributed by atoms with Crippen LogP contribution in [0.5, 0.6) is 11.5 Å². The summed E-state index contributed by atoms with van der Waals surface area (Å²) < 4.78 is 16.2. The van der Waals surface area contributed by atoms with Crippen LogP contribution in [0.25, 0.3) is 0 Å². The van der Waals surface area contributed by atoms with E-state index in [9.17, 15) is 4.79 Å². The smallest absolute Gasteiger partial charge is 0.227 e. The maximum Gasteiger partial charge on any atom is 0.227 e. The summed E-state index contributed by atoms with van der Waals surface area (Å²) in [4.78, 5) is 12.4. The monoisotopic (exact) mass is 315 g/mol. The van der Waals surface area contributed by atoms with E-state index < -0.39 is 0 Å². The molecular formula is C18H21NO4. The fourth-order valence-corrected chi connectivity index (χ4v) is 2.79. The molecule has 5 heteroatoms. The average molecular weight is 315 g/mol. The number of hydrogen-bond donors (Lipinski definition) is 1. The number of carbonyl (C=O) groups is 1. The van der Waals surface area contributed by atoms with Gasteiger partial charge in [0, 0.05) is 18.5 Å². The van der Waals surface area contributed by atoms with E-state index in [1.807, 2.05) is 37.3 Å². The van der Waals surface area contributed by atoms with Crippen LogP contribution in [0, 0.1) is 5.92 Å². The van der Waals surface area contributed by atoms with E-state index in [0.29, 0.717) is 19.4 Å². The molecule has 1 aromatic heterocycles. The molecule has 23 heavy (non-hydrogen) atoms. The third kappa shape index (κ3) is 3.67. The van der Waals surface area contributed by atoms with Crippen molar-refractivity contribution in [2.24, 2.45) is 5.92 Å². The van der Waals surface area contributed by atoms with Gasteiger partial charge in [-0.25, -0.2) is 0 Å². The molecule has 2 aromatic rings. The second-order valence-electron chi connectivity index (χ2n) is 5.88. The summed E-state index contributed by atoms with van der Waals surface area (Å²) in [6, 6.07) is 9.50. The number of ether oxygens (including phenoxy) is 2. The number of amides is 1. The van der Waals surface area contributed by atoms with Gasteiger partial charge in [-0.15, -0.1) is 0 Å². The summed E-state index contributed by atoms with van der Waals surface area (Å²) in [6.07, 6.45) is 3.00. The maximum absolute atomic E-state index is 12.4. The summed E-state index contributed by atoms with van der Waals surface area (Å²) >= 11 is 0. The number of nitrogens with one attached hydrogen (secondary N) is 1. The van der Waals surface area contributed by atoms with Crippen molar-refractivity contribution in [3.05, 3.63) is 47.9 Å². The molecule has 5 nitrogen and oxygen atoms in total. The lowest BCUT2D eigenvalue weighted by molar-refractivity contribution is -0.126. The predicted molar refractivity (Wildman–Crippen MR) is 85.7 cm³/mol. The van der Waals surface area contributed by atoms with Crippen LogP contribution < -0.4 is 14.8 Å². The SMILES string of the molecule is COc1ccc2c(c1)OCC(C(=O)NC(C)Cc1ccco1)C2. The first-order chi connectivity index (χ1) is 11.2. The molecule has 2 heterocycles. The van der Waals surface area contributed by atoms with E-state index in [1.54, 1.807) is 13.4 Å². The highest BCUT2D eigenvalue weighted by molar-refractivity contribution is 5.80. The van der Waals surface area contributed by atoms with Crippen molar-refractivity contribution >= 4 is 5.91 Å². The summed E-state index contributed by atoms with van der Waals surface area (Å²) in [6.45, 7) is 2.36. The van der Waals surface area contributed by atoms with Gasteiger partial charge in [0.15, 0.2) is 0 Å². The van der Waals surface area contributed by atoms with Crippen molar-refractivity contribution in [1.82, 2.24) is 5.32 Å². The molecule has 1 N–H and O–H groups in total. The van der Waals surface area contributed by atoms with Gasteiger partial charge in [0.2, 0.25) is 5.91 Å². The standard InChI is InChI=1S/C18H21NO4/c1-12(8-16-4-3-7-22-16)19-18(20)14-9-13-5-6-15(21-2)10-17(13)23-11-14/h3-7,10,12,14H,8-9,11H2,1-2H3,(H,19,20). The molecule has 0 spiro atoms. The van der Waals surface area contributed by atoms with Crippen LogP contribution in [0.2, 0.25) is 0 Å². The number of furan rings is 1. The minimum Gasteiger partial charge on any atom is -0.497 e. The van der Waals surface area contributed by atoms with Gasteiger partial charge in [-0.1, -0.05) is 6.07 Å². The van der Waals surface area contributed by atoms with E-state index in [1.165, 1.54) is 0 Å². The molecule has 1 aliphatic heterocycles. The van der Waals surface area contributed by atoms with Crippen molar-refractivity contribution in [3.63, 3.8) is 0 Å². The Morgan fingerprint density at radius 2 is 2.30 bits per heavy atom. The van der Waals surface area contributed by atoms with Gasteiger partial charge in [-0.2, -0.15) is 0 Å². The topological polar surface area (TPSA) is 60.7 Å². The summed E-state index contributed by atoms with van der Waals surface area (Å²) in [7, 11) is 1.63. The van der Waals surface area contributed by atoms with Gasteiger partial charge in [0.25, 0.3) is 0 Å². The lowest BCUT2D eigenvalue weighted by Gasteiger charge is -2.26. The second-order valence-corrected chi connectivity index (χ2v) is 5.88. The Kier molecular flexibility index (Phi) is 4.55. The van der Waals surface area contributed by atoms with Gasteiger partial charge >= 0.3 is 0 Å². The Hall–Kier alpha value is -2.43. The van der Waals surface area contributed by atoms with Gasteiger partial charge in [0.1, 0.15) is 23.9 Å². The Morgan fingerprint density at radius 3 is 3.04 bits per heavy atom. The highest BCUT2D eigenvalue weighted by Gasteiger charge is 2.27. The van der Waals surface area contributed by atoms with Gasteiger partial charge in [0.05, 0.1) is 19.3 Å². The van der Waals surface area contributed by atoms with Crippen molar-refractivity contribution in [1.29, 1.82) is 0 Å². The van der Waals surface area contributed by atoms with E-state index in [-0.39, 0.29) is 17.9 Å². The number of carbonyl (C=O) groups excluding carboxylic acids is 1. The number of hydrogen-bond acceptors (Lipinski definition) is 4. The van der Waals surface area contributed by atoms with Crippen LogP contribution in [0.4, 0.5) is 0 Å². The van der Waals surface area contributed by atoms with Gasteiger partial charge in [-0.05, 0) is 37.1 Å². The average Bonchev–Trinajstić information content (AvgIpc) is 3.06. The Labute approximate surface area is 135 Å². The van der Waals surface area contributed by atoms with Gasteiger partial charge in [-0.3, -0.25) is 4.79 Å². The van der Waals surface area contributed by atoms with Crippen LogP contribution in [0.1, 0.15) is 18.2 Å².